The van der Waals surface area contributed by atoms with Crippen LogP contribution in [-0.2, 0) is 13.0 Å². The first-order valence-electron chi connectivity index (χ1n) is 8.95. The number of nitrogens with zero attached hydrogens (tertiary/aromatic N) is 4. The van der Waals surface area contributed by atoms with Crippen molar-refractivity contribution in [2.75, 3.05) is 5.32 Å². The van der Waals surface area contributed by atoms with Crippen LogP contribution < -0.4 is 5.32 Å². The number of rotatable bonds is 5. The van der Waals surface area contributed by atoms with Crippen LogP contribution in [0.3, 0.4) is 0 Å². The molecule has 3 heterocycles. The summed E-state index contributed by atoms with van der Waals surface area (Å²) in [5, 5.41) is 7.94. The van der Waals surface area contributed by atoms with Crippen LogP contribution in [0.15, 0.2) is 41.3 Å². The van der Waals surface area contributed by atoms with Gasteiger partial charge in [0.2, 0.25) is 0 Å². The highest BCUT2D eigenvalue weighted by molar-refractivity contribution is 9.10. The molecule has 130 valence electrons. The Morgan fingerprint density at radius 1 is 1.20 bits per heavy atom. The maximum absolute atomic E-state index is 4.85. The number of hydrogen-bond acceptors (Lipinski definition) is 4. The van der Waals surface area contributed by atoms with Crippen molar-refractivity contribution in [2.45, 2.75) is 45.1 Å². The predicted octanol–water partition coefficient (Wildman–Crippen LogP) is 4.62. The molecule has 0 aromatic carbocycles. The first-order chi connectivity index (χ1) is 12.3. The van der Waals surface area contributed by atoms with E-state index in [9.17, 15) is 0 Å². The monoisotopic (exact) mass is 399 g/mol. The Balaban J connectivity index is 1.59. The summed E-state index contributed by atoms with van der Waals surface area (Å²) in [5.74, 6) is 1.74. The minimum atomic E-state index is 0.716. The van der Waals surface area contributed by atoms with Crippen molar-refractivity contribution in [1.29, 1.82) is 0 Å². The van der Waals surface area contributed by atoms with Crippen molar-refractivity contribution in [1.82, 2.24) is 19.6 Å². The van der Waals surface area contributed by atoms with Crippen LogP contribution in [0.2, 0.25) is 0 Å². The zero-order chi connectivity index (χ0) is 17.1. The van der Waals surface area contributed by atoms with Gasteiger partial charge in [-0.1, -0.05) is 38.2 Å². The molecule has 4 rings (SSSR count). The van der Waals surface area contributed by atoms with Gasteiger partial charge in [-0.2, -0.15) is 9.61 Å². The molecule has 3 aromatic rings. The van der Waals surface area contributed by atoms with Crippen molar-refractivity contribution < 1.29 is 0 Å². The quantitative estimate of drug-likeness (QED) is 0.679. The summed E-state index contributed by atoms with van der Waals surface area (Å²) in [4.78, 5) is 9.02. The fourth-order valence-corrected chi connectivity index (χ4v) is 3.95. The molecular weight excluding hydrogens is 378 g/mol. The van der Waals surface area contributed by atoms with Crippen LogP contribution in [0, 0.1) is 5.92 Å². The van der Waals surface area contributed by atoms with E-state index < -0.39 is 0 Å². The van der Waals surface area contributed by atoms with Crippen LogP contribution in [0.4, 0.5) is 5.82 Å². The normalized spacial score (nSPS) is 15.6. The predicted molar refractivity (Wildman–Crippen MR) is 103 cm³/mol. The van der Waals surface area contributed by atoms with Gasteiger partial charge in [-0.3, -0.25) is 4.98 Å². The van der Waals surface area contributed by atoms with E-state index in [0.717, 1.165) is 39.5 Å². The van der Waals surface area contributed by atoms with E-state index in [-0.39, 0.29) is 0 Å². The highest BCUT2D eigenvalue weighted by atomic mass is 79.9. The Morgan fingerprint density at radius 2 is 2.08 bits per heavy atom. The second-order valence-corrected chi connectivity index (χ2v) is 7.64. The second kappa shape index (κ2) is 7.52. The van der Waals surface area contributed by atoms with E-state index in [1.54, 1.807) is 6.20 Å². The Hall–Kier alpha value is -1.95. The van der Waals surface area contributed by atoms with Crippen LogP contribution in [0.25, 0.3) is 5.65 Å². The molecule has 5 nitrogen and oxygen atoms in total. The molecule has 0 unspecified atom stereocenters. The summed E-state index contributed by atoms with van der Waals surface area (Å²) in [6.07, 6.45) is 13.3. The SMILES string of the molecule is Brc1cnn2c(NCc3cccnc3)cc(CC3CCCCC3)nc12. The summed E-state index contributed by atoms with van der Waals surface area (Å²) in [7, 11) is 0. The topological polar surface area (TPSA) is 55.1 Å². The van der Waals surface area contributed by atoms with Crippen molar-refractivity contribution in [3.8, 4) is 0 Å². The van der Waals surface area contributed by atoms with E-state index in [2.05, 4.69) is 43.5 Å². The molecule has 0 saturated heterocycles. The number of fused-ring (bicyclic) bond motifs is 1. The Kier molecular flexibility index (Phi) is 4.97. The second-order valence-electron chi connectivity index (χ2n) is 6.78. The maximum Gasteiger partial charge on any atom is 0.171 e. The van der Waals surface area contributed by atoms with Gasteiger partial charge >= 0.3 is 0 Å². The molecule has 0 amide bonds. The lowest BCUT2D eigenvalue weighted by atomic mass is 9.86. The number of nitrogens with one attached hydrogen (secondary N) is 1. The lowest BCUT2D eigenvalue weighted by Crippen LogP contribution is -2.12. The number of pyridine rings is 1. The van der Waals surface area contributed by atoms with Crippen molar-refractivity contribution in [3.63, 3.8) is 0 Å². The van der Waals surface area contributed by atoms with Gasteiger partial charge in [0.15, 0.2) is 5.65 Å². The van der Waals surface area contributed by atoms with Gasteiger partial charge in [0.1, 0.15) is 5.82 Å². The van der Waals surface area contributed by atoms with Gasteiger partial charge in [-0.05, 0) is 39.9 Å². The molecular formula is C19H22BrN5. The molecule has 3 aromatic heterocycles. The van der Waals surface area contributed by atoms with Crippen LogP contribution in [0.5, 0.6) is 0 Å². The molecule has 1 aliphatic rings. The third-order valence-corrected chi connectivity index (χ3v) is 5.46. The minimum Gasteiger partial charge on any atom is -0.366 e. The average molecular weight is 400 g/mol. The first-order valence-corrected chi connectivity index (χ1v) is 9.75. The minimum absolute atomic E-state index is 0.716. The molecule has 0 spiro atoms. The van der Waals surface area contributed by atoms with Gasteiger partial charge in [0, 0.05) is 30.7 Å². The Morgan fingerprint density at radius 3 is 2.88 bits per heavy atom. The molecule has 0 bridgehead atoms. The fourth-order valence-electron chi connectivity index (χ4n) is 3.60. The lowest BCUT2D eigenvalue weighted by Gasteiger charge is -2.21. The third-order valence-electron chi connectivity index (χ3n) is 4.90. The molecule has 0 radical (unpaired) electrons. The molecule has 1 saturated carbocycles. The van der Waals surface area contributed by atoms with Crippen LogP contribution >= 0.6 is 15.9 Å². The van der Waals surface area contributed by atoms with Crippen LogP contribution in [0.1, 0.15) is 43.4 Å². The standard InChI is InChI=1S/C19H22BrN5/c20-17-13-23-25-18(22-12-15-7-4-8-21-11-15)10-16(24-19(17)25)9-14-5-2-1-3-6-14/h4,7-8,10-11,13-14,22H,1-3,5-6,9,12H2. The van der Waals surface area contributed by atoms with Gasteiger partial charge < -0.3 is 5.32 Å². The van der Waals surface area contributed by atoms with Gasteiger partial charge in [0.25, 0.3) is 0 Å². The number of anilines is 1. The van der Waals surface area contributed by atoms with E-state index >= 15 is 0 Å². The van der Waals surface area contributed by atoms with Crippen molar-refractivity contribution in [2.24, 2.45) is 5.92 Å². The largest absolute Gasteiger partial charge is 0.366 e. The number of hydrogen-bond donors (Lipinski definition) is 1. The van der Waals surface area contributed by atoms with Gasteiger partial charge in [0.05, 0.1) is 10.7 Å². The molecule has 1 fully saturated rings. The van der Waals surface area contributed by atoms with Crippen molar-refractivity contribution in [3.05, 3.63) is 52.5 Å². The van der Waals surface area contributed by atoms with E-state index in [1.165, 1.54) is 32.1 Å². The van der Waals surface area contributed by atoms with E-state index in [1.807, 2.05) is 23.0 Å². The summed E-state index contributed by atoms with van der Waals surface area (Å²) in [6, 6.07) is 6.18. The molecule has 1 N–H and O–H groups in total. The highest BCUT2D eigenvalue weighted by Crippen LogP contribution is 2.28. The van der Waals surface area contributed by atoms with E-state index in [4.69, 9.17) is 4.98 Å². The first kappa shape index (κ1) is 16.5. The molecule has 25 heavy (non-hydrogen) atoms. The van der Waals surface area contributed by atoms with Gasteiger partial charge in [-0.25, -0.2) is 4.98 Å². The zero-order valence-corrected chi connectivity index (χ0v) is 15.7. The summed E-state index contributed by atoms with van der Waals surface area (Å²) in [5.41, 5.74) is 3.17. The molecule has 6 heteroatoms. The number of aromatic nitrogens is 4. The molecule has 1 aliphatic carbocycles. The smallest absolute Gasteiger partial charge is 0.171 e. The summed E-state index contributed by atoms with van der Waals surface area (Å²) in [6.45, 7) is 0.716. The summed E-state index contributed by atoms with van der Waals surface area (Å²) < 4.78 is 2.80. The average Bonchev–Trinajstić information content (AvgIpc) is 3.03. The molecule has 0 atom stereocenters. The van der Waals surface area contributed by atoms with Crippen molar-refractivity contribution >= 4 is 27.4 Å². The molecule has 0 aliphatic heterocycles. The van der Waals surface area contributed by atoms with Gasteiger partial charge in [-0.15, -0.1) is 0 Å². The Labute approximate surface area is 156 Å². The zero-order valence-electron chi connectivity index (χ0n) is 14.2. The highest BCUT2D eigenvalue weighted by Gasteiger charge is 2.17. The summed E-state index contributed by atoms with van der Waals surface area (Å²) >= 11 is 3.57. The lowest BCUT2D eigenvalue weighted by molar-refractivity contribution is 0.354. The fraction of sp³-hybridized carbons (Fsp3) is 0.421. The third kappa shape index (κ3) is 3.84. The van der Waals surface area contributed by atoms with E-state index in [0.29, 0.717) is 6.54 Å². The Bertz CT molecular complexity index is 840. The number of halogens is 1. The van der Waals surface area contributed by atoms with Crippen LogP contribution in [-0.4, -0.2) is 19.6 Å². The maximum atomic E-state index is 4.85.